The fourth-order valence-corrected chi connectivity index (χ4v) is 2.05. The van der Waals surface area contributed by atoms with Gasteiger partial charge in [-0.25, -0.2) is 0 Å². The molecule has 0 bridgehead atoms. The molecule has 0 saturated carbocycles. The van der Waals surface area contributed by atoms with Crippen molar-refractivity contribution >= 4 is 5.82 Å². The number of piperidine rings is 1. The van der Waals surface area contributed by atoms with Gasteiger partial charge in [0, 0.05) is 13.1 Å². The normalized spacial score (nSPS) is 18.1. The minimum Gasteiger partial charge on any atom is -0.355 e. The van der Waals surface area contributed by atoms with E-state index in [0.717, 1.165) is 30.5 Å². The third-order valence-corrected chi connectivity index (χ3v) is 3.37. The molecule has 0 N–H and O–H groups in total. The zero-order chi connectivity index (χ0) is 11.5. The molecule has 0 atom stereocenters. The Morgan fingerprint density at radius 3 is 2.38 bits per heavy atom. The molecule has 1 aliphatic heterocycles. The average Bonchev–Trinajstić information content (AvgIpc) is 2.30. The van der Waals surface area contributed by atoms with Crippen LogP contribution in [0.4, 0.5) is 5.82 Å². The molecule has 2 rings (SSSR count). The van der Waals surface area contributed by atoms with Gasteiger partial charge in [-0.3, -0.25) is 0 Å². The molecular formula is C13H21N3. The van der Waals surface area contributed by atoms with Gasteiger partial charge in [-0.15, -0.1) is 5.10 Å². The molecule has 0 aliphatic carbocycles. The lowest BCUT2D eigenvalue weighted by Gasteiger charge is -2.30. The standard InChI is InChI=1S/C13H21N3/c1-10(2)12-4-5-13(15-14-12)16-8-6-11(3)7-9-16/h4-5,10-11H,6-9H2,1-3H3. The fourth-order valence-electron chi connectivity index (χ4n) is 2.05. The summed E-state index contributed by atoms with van der Waals surface area (Å²) in [7, 11) is 0. The first kappa shape index (κ1) is 11.4. The van der Waals surface area contributed by atoms with Gasteiger partial charge >= 0.3 is 0 Å². The largest absolute Gasteiger partial charge is 0.355 e. The lowest BCUT2D eigenvalue weighted by atomic mass is 9.99. The molecule has 1 aromatic heterocycles. The van der Waals surface area contributed by atoms with E-state index in [1.165, 1.54) is 12.8 Å². The second-order valence-corrected chi connectivity index (χ2v) is 5.14. The van der Waals surface area contributed by atoms with Crippen molar-refractivity contribution in [3.8, 4) is 0 Å². The minimum atomic E-state index is 0.461. The second-order valence-electron chi connectivity index (χ2n) is 5.14. The van der Waals surface area contributed by atoms with Gasteiger partial charge < -0.3 is 4.90 Å². The summed E-state index contributed by atoms with van der Waals surface area (Å²) in [5.74, 6) is 2.36. The molecule has 2 heterocycles. The Bertz CT molecular complexity index is 324. The Kier molecular flexibility index (Phi) is 3.42. The van der Waals surface area contributed by atoms with Crippen LogP contribution in [0.25, 0.3) is 0 Å². The van der Waals surface area contributed by atoms with E-state index in [4.69, 9.17) is 0 Å². The highest BCUT2D eigenvalue weighted by Gasteiger charge is 2.17. The van der Waals surface area contributed by atoms with Crippen LogP contribution >= 0.6 is 0 Å². The maximum Gasteiger partial charge on any atom is 0.151 e. The molecule has 1 aromatic rings. The van der Waals surface area contributed by atoms with Gasteiger partial charge in [0.25, 0.3) is 0 Å². The van der Waals surface area contributed by atoms with Gasteiger partial charge in [0.15, 0.2) is 5.82 Å². The number of anilines is 1. The number of hydrogen-bond acceptors (Lipinski definition) is 3. The lowest BCUT2D eigenvalue weighted by Crippen LogP contribution is -2.33. The van der Waals surface area contributed by atoms with E-state index in [9.17, 15) is 0 Å². The highest BCUT2D eigenvalue weighted by Crippen LogP contribution is 2.21. The Morgan fingerprint density at radius 2 is 1.88 bits per heavy atom. The Morgan fingerprint density at radius 1 is 1.19 bits per heavy atom. The van der Waals surface area contributed by atoms with Crippen LogP contribution in [0.5, 0.6) is 0 Å². The Balaban J connectivity index is 2.04. The van der Waals surface area contributed by atoms with Crippen LogP contribution < -0.4 is 4.90 Å². The van der Waals surface area contributed by atoms with Crippen LogP contribution in [0.3, 0.4) is 0 Å². The SMILES string of the molecule is CC1CCN(c2ccc(C(C)C)nn2)CC1. The van der Waals surface area contributed by atoms with Gasteiger partial charge in [0.1, 0.15) is 0 Å². The van der Waals surface area contributed by atoms with Crippen molar-refractivity contribution in [1.82, 2.24) is 10.2 Å². The van der Waals surface area contributed by atoms with Crippen molar-refractivity contribution in [2.24, 2.45) is 5.92 Å². The summed E-state index contributed by atoms with van der Waals surface area (Å²) in [5.41, 5.74) is 1.08. The van der Waals surface area contributed by atoms with E-state index in [2.05, 4.69) is 48.0 Å². The van der Waals surface area contributed by atoms with Crippen LogP contribution in [0.2, 0.25) is 0 Å². The van der Waals surface area contributed by atoms with Crippen LogP contribution in [0, 0.1) is 5.92 Å². The highest BCUT2D eigenvalue weighted by molar-refractivity contribution is 5.37. The zero-order valence-electron chi connectivity index (χ0n) is 10.5. The Hall–Kier alpha value is -1.12. The molecule has 1 saturated heterocycles. The summed E-state index contributed by atoms with van der Waals surface area (Å²) in [6, 6.07) is 4.21. The highest BCUT2D eigenvalue weighted by atomic mass is 15.3. The van der Waals surface area contributed by atoms with Crippen LogP contribution in [0.1, 0.15) is 45.2 Å². The van der Waals surface area contributed by atoms with Gasteiger partial charge in [-0.05, 0) is 36.8 Å². The van der Waals surface area contributed by atoms with Crippen LogP contribution in [0.15, 0.2) is 12.1 Å². The van der Waals surface area contributed by atoms with Crippen LogP contribution in [-0.4, -0.2) is 23.3 Å². The van der Waals surface area contributed by atoms with E-state index in [1.807, 2.05) is 0 Å². The van der Waals surface area contributed by atoms with Crippen molar-refractivity contribution in [2.75, 3.05) is 18.0 Å². The summed E-state index contributed by atoms with van der Waals surface area (Å²) in [5, 5.41) is 8.61. The molecule has 3 heteroatoms. The summed E-state index contributed by atoms with van der Waals surface area (Å²) in [6.45, 7) is 8.86. The Labute approximate surface area is 97.9 Å². The molecule has 1 fully saturated rings. The number of rotatable bonds is 2. The van der Waals surface area contributed by atoms with E-state index in [1.54, 1.807) is 0 Å². The van der Waals surface area contributed by atoms with E-state index >= 15 is 0 Å². The molecule has 88 valence electrons. The van der Waals surface area contributed by atoms with Gasteiger partial charge in [-0.1, -0.05) is 20.8 Å². The summed E-state index contributed by atoms with van der Waals surface area (Å²) >= 11 is 0. The van der Waals surface area contributed by atoms with Crippen LogP contribution in [-0.2, 0) is 0 Å². The van der Waals surface area contributed by atoms with Crippen molar-refractivity contribution in [2.45, 2.75) is 39.5 Å². The van der Waals surface area contributed by atoms with Crippen molar-refractivity contribution in [3.63, 3.8) is 0 Å². The van der Waals surface area contributed by atoms with Gasteiger partial charge in [-0.2, -0.15) is 5.10 Å². The molecule has 1 aliphatic rings. The minimum absolute atomic E-state index is 0.461. The van der Waals surface area contributed by atoms with Gasteiger partial charge in [0.2, 0.25) is 0 Å². The molecule has 3 nitrogen and oxygen atoms in total. The molecule has 0 unspecified atom stereocenters. The molecule has 0 amide bonds. The quantitative estimate of drug-likeness (QED) is 0.766. The summed E-state index contributed by atoms with van der Waals surface area (Å²) < 4.78 is 0. The van der Waals surface area contributed by atoms with Gasteiger partial charge in [0.05, 0.1) is 5.69 Å². The summed E-state index contributed by atoms with van der Waals surface area (Å²) in [6.07, 6.45) is 2.54. The van der Waals surface area contributed by atoms with E-state index in [0.29, 0.717) is 5.92 Å². The first-order valence-corrected chi connectivity index (χ1v) is 6.25. The molecule has 0 spiro atoms. The molecular weight excluding hydrogens is 198 g/mol. The fraction of sp³-hybridized carbons (Fsp3) is 0.692. The maximum atomic E-state index is 4.32. The predicted octanol–water partition coefficient (Wildman–Crippen LogP) is 2.84. The summed E-state index contributed by atoms with van der Waals surface area (Å²) in [4.78, 5) is 2.34. The van der Waals surface area contributed by atoms with Crippen molar-refractivity contribution in [3.05, 3.63) is 17.8 Å². The molecule has 16 heavy (non-hydrogen) atoms. The molecule has 0 aromatic carbocycles. The lowest BCUT2D eigenvalue weighted by molar-refractivity contribution is 0.435. The zero-order valence-corrected chi connectivity index (χ0v) is 10.5. The third-order valence-electron chi connectivity index (χ3n) is 3.37. The van der Waals surface area contributed by atoms with E-state index < -0.39 is 0 Å². The number of nitrogens with zero attached hydrogens (tertiary/aromatic N) is 3. The van der Waals surface area contributed by atoms with E-state index in [-0.39, 0.29) is 0 Å². The third kappa shape index (κ3) is 2.52. The van der Waals surface area contributed by atoms with Crippen molar-refractivity contribution in [1.29, 1.82) is 0 Å². The number of hydrogen-bond donors (Lipinski definition) is 0. The van der Waals surface area contributed by atoms with Crippen molar-refractivity contribution < 1.29 is 0 Å². The first-order valence-electron chi connectivity index (χ1n) is 6.25. The average molecular weight is 219 g/mol. The smallest absolute Gasteiger partial charge is 0.151 e. The first-order chi connectivity index (χ1) is 7.66. The second kappa shape index (κ2) is 4.81. The topological polar surface area (TPSA) is 29.0 Å². The maximum absolute atomic E-state index is 4.32. The monoisotopic (exact) mass is 219 g/mol. The predicted molar refractivity (Wildman–Crippen MR) is 66.7 cm³/mol. The molecule has 0 radical (unpaired) electrons. The number of aromatic nitrogens is 2.